The zero-order valence-electron chi connectivity index (χ0n) is 8.10. The van der Waals surface area contributed by atoms with Crippen LogP contribution in [0.2, 0.25) is 0 Å². The second-order valence-electron chi connectivity index (χ2n) is 3.25. The molecule has 0 aromatic heterocycles. The van der Waals surface area contributed by atoms with Crippen LogP contribution in [-0.4, -0.2) is 0 Å². The Kier molecular flexibility index (Phi) is 3.56. The van der Waals surface area contributed by atoms with E-state index in [0.717, 1.165) is 5.75 Å². The van der Waals surface area contributed by atoms with E-state index in [4.69, 9.17) is 4.52 Å². The van der Waals surface area contributed by atoms with Gasteiger partial charge in [-0.15, -0.1) is 0 Å². The number of hydrogen-bond donors (Lipinski definition) is 0. The summed E-state index contributed by atoms with van der Waals surface area (Å²) in [5.41, 5.74) is 2.52. The molecule has 1 aliphatic heterocycles. The Morgan fingerprint density at radius 1 is 0.800 bits per heavy atom. The molecule has 3 rings (SSSR count). The topological polar surface area (TPSA) is 9.23 Å². The summed E-state index contributed by atoms with van der Waals surface area (Å²) in [7, 11) is 0.440. The fourth-order valence-electron chi connectivity index (χ4n) is 1.70. The molecule has 0 fully saturated rings. The molecule has 2 aromatic rings. The quantitative estimate of drug-likeness (QED) is 0.678. The normalized spacial score (nSPS) is 13.3. The summed E-state index contributed by atoms with van der Waals surface area (Å²) in [6.07, 6.45) is 0. The van der Waals surface area contributed by atoms with Crippen molar-refractivity contribution in [1.29, 1.82) is 0 Å². The van der Waals surface area contributed by atoms with Crippen LogP contribution in [0.3, 0.4) is 0 Å². The van der Waals surface area contributed by atoms with Crippen molar-refractivity contribution >= 4 is 14.1 Å². The largest absolute Gasteiger partial charge is 0.472 e. The van der Waals surface area contributed by atoms with Crippen LogP contribution in [0.1, 0.15) is 0 Å². The molecule has 0 saturated heterocycles. The van der Waals surface area contributed by atoms with E-state index in [2.05, 4.69) is 30.3 Å². The molecule has 1 heterocycles. The van der Waals surface area contributed by atoms with Gasteiger partial charge < -0.3 is 4.52 Å². The van der Waals surface area contributed by atoms with E-state index in [-0.39, 0.29) is 32.7 Å². The first-order valence-corrected chi connectivity index (χ1v) is 5.47. The SMILES string of the molecule is [Y].c1ccc2c(c1)OPc1ccccc1-2. The molecule has 3 heteroatoms. The first kappa shape index (κ1) is 11.3. The molecular formula is C12H9OPY. The Hall–Kier alpha value is -0.226. The second kappa shape index (κ2) is 4.74. The summed E-state index contributed by atoms with van der Waals surface area (Å²) in [5.74, 6) is 1.00. The third kappa shape index (κ3) is 2.02. The van der Waals surface area contributed by atoms with E-state index < -0.39 is 0 Å². The van der Waals surface area contributed by atoms with Gasteiger partial charge in [-0.25, -0.2) is 0 Å². The summed E-state index contributed by atoms with van der Waals surface area (Å²) in [4.78, 5) is 0. The zero-order chi connectivity index (χ0) is 9.38. The standard InChI is InChI=1S/C12H9OP.Y/c1-3-7-11-9(5-1)10-6-2-4-8-12(10)14-13-11;/h1-8,14H;. The van der Waals surface area contributed by atoms with Crippen molar-refractivity contribution in [2.24, 2.45) is 0 Å². The van der Waals surface area contributed by atoms with Gasteiger partial charge in [0.2, 0.25) is 0 Å². The van der Waals surface area contributed by atoms with Crippen LogP contribution < -0.4 is 9.83 Å². The third-order valence-electron chi connectivity index (χ3n) is 2.38. The van der Waals surface area contributed by atoms with Gasteiger partial charge in [0.05, 0.1) is 0 Å². The van der Waals surface area contributed by atoms with Gasteiger partial charge in [-0.3, -0.25) is 0 Å². The zero-order valence-corrected chi connectivity index (χ0v) is 11.9. The number of fused-ring (bicyclic) bond motifs is 3. The first-order valence-electron chi connectivity index (χ1n) is 4.56. The van der Waals surface area contributed by atoms with Crippen molar-refractivity contribution < 1.29 is 37.2 Å². The Balaban J connectivity index is 0.000000853. The van der Waals surface area contributed by atoms with Crippen LogP contribution in [0.25, 0.3) is 11.1 Å². The molecule has 71 valence electrons. The molecule has 0 aliphatic carbocycles. The number of rotatable bonds is 0. The molecule has 1 atom stereocenters. The molecule has 0 spiro atoms. The molecule has 1 radical (unpaired) electrons. The molecule has 0 N–H and O–H groups in total. The van der Waals surface area contributed by atoms with Crippen molar-refractivity contribution in [3.8, 4) is 16.9 Å². The van der Waals surface area contributed by atoms with Gasteiger partial charge >= 0.3 is 0 Å². The molecule has 1 aliphatic rings. The van der Waals surface area contributed by atoms with E-state index in [1.54, 1.807) is 0 Å². The Bertz CT molecular complexity index is 439. The van der Waals surface area contributed by atoms with Crippen LogP contribution in [0, 0.1) is 0 Å². The minimum Gasteiger partial charge on any atom is -0.472 e. The summed E-state index contributed by atoms with van der Waals surface area (Å²) in [6.45, 7) is 0. The number of benzene rings is 2. The molecule has 1 unspecified atom stereocenters. The maximum atomic E-state index is 5.68. The molecule has 0 saturated carbocycles. The summed E-state index contributed by atoms with van der Waals surface area (Å²) in [5, 5.41) is 1.30. The predicted octanol–water partition coefficient (Wildman–Crippen LogP) is 2.96. The predicted molar refractivity (Wildman–Crippen MR) is 60.5 cm³/mol. The van der Waals surface area contributed by atoms with Crippen molar-refractivity contribution in [3.05, 3.63) is 48.5 Å². The van der Waals surface area contributed by atoms with Crippen LogP contribution >= 0.6 is 8.81 Å². The van der Waals surface area contributed by atoms with Gasteiger partial charge in [0.15, 0.2) is 0 Å². The van der Waals surface area contributed by atoms with Gasteiger partial charge in [0.1, 0.15) is 14.6 Å². The van der Waals surface area contributed by atoms with Gasteiger partial charge in [0, 0.05) is 43.6 Å². The van der Waals surface area contributed by atoms with Gasteiger partial charge in [-0.05, 0) is 11.6 Å². The van der Waals surface area contributed by atoms with Crippen molar-refractivity contribution in [2.75, 3.05) is 0 Å². The third-order valence-corrected chi connectivity index (χ3v) is 3.35. The van der Waals surface area contributed by atoms with Crippen molar-refractivity contribution in [2.45, 2.75) is 0 Å². The minimum atomic E-state index is 0. The molecule has 15 heavy (non-hydrogen) atoms. The average molecular weight is 289 g/mol. The van der Waals surface area contributed by atoms with Crippen molar-refractivity contribution in [3.63, 3.8) is 0 Å². The fraction of sp³-hybridized carbons (Fsp3) is 0. The smallest absolute Gasteiger partial charge is 0.131 e. The van der Waals surface area contributed by atoms with E-state index in [9.17, 15) is 0 Å². The van der Waals surface area contributed by atoms with E-state index >= 15 is 0 Å². The minimum absolute atomic E-state index is 0. The fourth-order valence-corrected chi connectivity index (χ4v) is 2.59. The summed E-state index contributed by atoms with van der Waals surface area (Å²) < 4.78 is 5.68. The van der Waals surface area contributed by atoms with E-state index in [1.165, 1.54) is 16.4 Å². The van der Waals surface area contributed by atoms with Crippen LogP contribution in [0.5, 0.6) is 5.75 Å². The molecular weight excluding hydrogens is 280 g/mol. The first-order chi connectivity index (χ1) is 6.95. The van der Waals surface area contributed by atoms with E-state index in [1.807, 2.05) is 18.2 Å². The Morgan fingerprint density at radius 3 is 2.33 bits per heavy atom. The summed E-state index contributed by atoms with van der Waals surface area (Å²) in [6, 6.07) is 16.6. The number of hydrogen-bond acceptors (Lipinski definition) is 1. The van der Waals surface area contributed by atoms with Gasteiger partial charge in [-0.2, -0.15) is 0 Å². The maximum absolute atomic E-state index is 5.68. The molecule has 0 bridgehead atoms. The van der Waals surface area contributed by atoms with Crippen LogP contribution in [0.4, 0.5) is 0 Å². The Labute approximate surface area is 116 Å². The number of para-hydroxylation sites is 1. The molecule has 1 nitrogen and oxygen atoms in total. The molecule has 0 amide bonds. The maximum Gasteiger partial charge on any atom is 0.131 e. The van der Waals surface area contributed by atoms with Crippen LogP contribution in [0.15, 0.2) is 48.5 Å². The monoisotopic (exact) mass is 289 g/mol. The molecule has 2 aromatic carbocycles. The Morgan fingerprint density at radius 2 is 1.47 bits per heavy atom. The van der Waals surface area contributed by atoms with Gasteiger partial charge in [-0.1, -0.05) is 42.5 Å². The second-order valence-corrected chi connectivity index (χ2v) is 4.19. The van der Waals surface area contributed by atoms with Gasteiger partial charge in [0.25, 0.3) is 0 Å². The average Bonchev–Trinajstić information content (AvgIpc) is 2.29. The van der Waals surface area contributed by atoms with E-state index in [0.29, 0.717) is 8.81 Å². The van der Waals surface area contributed by atoms with Crippen molar-refractivity contribution in [1.82, 2.24) is 0 Å². The summed E-state index contributed by atoms with van der Waals surface area (Å²) >= 11 is 0. The van der Waals surface area contributed by atoms with Crippen LogP contribution in [-0.2, 0) is 32.7 Å².